The van der Waals surface area contributed by atoms with Crippen molar-refractivity contribution in [2.75, 3.05) is 6.54 Å². The quantitative estimate of drug-likeness (QED) is 0.879. The molecular weight excluding hydrogens is 268 g/mol. The number of rotatable bonds is 2. The first-order chi connectivity index (χ1) is 10.1. The summed E-state index contributed by atoms with van der Waals surface area (Å²) in [7, 11) is 0. The Morgan fingerprint density at radius 1 is 1.19 bits per heavy atom. The molecule has 1 aliphatic rings. The molecule has 1 heterocycles. The Morgan fingerprint density at radius 2 is 1.95 bits per heavy atom. The van der Waals surface area contributed by atoms with Gasteiger partial charge < -0.3 is 15.7 Å². The second-order valence-electron chi connectivity index (χ2n) is 5.24. The average Bonchev–Trinajstić information content (AvgIpc) is 2.97. The first-order valence-electron chi connectivity index (χ1n) is 6.90. The van der Waals surface area contributed by atoms with E-state index in [0.29, 0.717) is 18.4 Å². The standard InChI is InChI=1S/C16H16N2O3/c17-15(20)13-6-3-9-18(13)16(21)12-8-7-10-4-1-2-5-11(10)14(12)19/h1-2,4-5,7-8,13,19H,3,6,9H2,(H2,17,20)/t13-/m0/s1. The van der Waals surface area contributed by atoms with E-state index < -0.39 is 11.9 Å². The zero-order chi connectivity index (χ0) is 15.0. The number of benzene rings is 2. The van der Waals surface area contributed by atoms with Crippen LogP contribution in [0.5, 0.6) is 5.75 Å². The van der Waals surface area contributed by atoms with Gasteiger partial charge in [0.1, 0.15) is 11.8 Å². The van der Waals surface area contributed by atoms with E-state index in [9.17, 15) is 14.7 Å². The van der Waals surface area contributed by atoms with Gasteiger partial charge in [0.2, 0.25) is 5.91 Å². The Bertz CT molecular complexity index is 727. The maximum absolute atomic E-state index is 12.6. The Hall–Kier alpha value is -2.56. The Kier molecular flexibility index (Phi) is 3.25. The largest absolute Gasteiger partial charge is 0.506 e. The normalized spacial score (nSPS) is 18.1. The number of likely N-dealkylation sites (tertiary alicyclic amines) is 1. The molecule has 0 radical (unpaired) electrons. The van der Waals surface area contributed by atoms with Crippen LogP contribution < -0.4 is 5.73 Å². The van der Waals surface area contributed by atoms with E-state index in [-0.39, 0.29) is 17.2 Å². The summed E-state index contributed by atoms with van der Waals surface area (Å²) in [4.78, 5) is 25.4. The van der Waals surface area contributed by atoms with E-state index >= 15 is 0 Å². The molecule has 21 heavy (non-hydrogen) atoms. The second-order valence-corrected chi connectivity index (χ2v) is 5.24. The molecule has 2 aromatic carbocycles. The SMILES string of the molecule is NC(=O)[C@@H]1CCCN1C(=O)c1ccc2ccccc2c1O. The number of phenolic OH excluding ortho intramolecular Hbond substituents is 1. The van der Waals surface area contributed by atoms with Gasteiger partial charge in [-0.05, 0) is 24.3 Å². The molecule has 3 rings (SSSR count). The lowest BCUT2D eigenvalue weighted by atomic mass is 10.0. The van der Waals surface area contributed by atoms with Gasteiger partial charge in [0.05, 0.1) is 5.56 Å². The second kappa shape index (κ2) is 5.09. The highest BCUT2D eigenvalue weighted by molar-refractivity contribution is 6.05. The summed E-state index contributed by atoms with van der Waals surface area (Å²) >= 11 is 0. The van der Waals surface area contributed by atoms with Gasteiger partial charge in [-0.2, -0.15) is 0 Å². The van der Waals surface area contributed by atoms with Crippen LogP contribution in [0.4, 0.5) is 0 Å². The molecule has 0 spiro atoms. The molecule has 5 heteroatoms. The van der Waals surface area contributed by atoms with Crippen LogP contribution in [-0.2, 0) is 4.79 Å². The molecule has 1 aliphatic heterocycles. The van der Waals surface area contributed by atoms with Crippen molar-refractivity contribution < 1.29 is 14.7 Å². The number of phenols is 1. The van der Waals surface area contributed by atoms with E-state index in [1.54, 1.807) is 24.3 Å². The fourth-order valence-corrected chi connectivity index (χ4v) is 2.89. The molecule has 0 bridgehead atoms. The molecule has 2 amide bonds. The lowest BCUT2D eigenvalue weighted by Gasteiger charge is -2.22. The molecular formula is C16H16N2O3. The van der Waals surface area contributed by atoms with Crippen molar-refractivity contribution in [3.05, 3.63) is 42.0 Å². The Morgan fingerprint density at radius 3 is 2.71 bits per heavy atom. The fourth-order valence-electron chi connectivity index (χ4n) is 2.89. The van der Waals surface area contributed by atoms with Crippen molar-refractivity contribution in [2.45, 2.75) is 18.9 Å². The third-order valence-corrected chi connectivity index (χ3v) is 3.97. The highest BCUT2D eigenvalue weighted by atomic mass is 16.3. The van der Waals surface area contributed by atoms with Gasteiger partial charge in [-0.1, -0.05) is 30.3 Å². The molecule has 0 saturated carbocycles. The molecule has 0 unspecified atom stereocenters. The highest BCUT2D eigenvalue weighted by Crippen LogP contribution is 2.31. The summed E-state index contributed by atoms with van der Waals surface area (Å²) in [5.41, 5.74) is 5.55. The summed E-state index contributed by atoms with van der Waals surface area (Å²) < 4.78 is 0. The van der Waals surface area contributed by atoms with Crippen LogP contribution in [0.1, 0.15) is 23.2 Å². The zero-order valence-corrected chi connectivity index (χ0v) is 11.5. The molecule has 5 nitrogen and oxygen atoms in total. The maximum Gasteiger partial charge on any atom is 0.258 e. The number of amides is 2. The van der Waals surface area contributed by atoms with Crippen molar-refractivity contribution in [2.24, 2.45) is 5.73 Å². The predicted molar refractivity (Wildman–Crippen MR) is 78.9 cm³/mol. The van der Waals surface area contributed by atoms with Crippen molar-refractivity contribution in [3.63, 3.8) is 0 Å². The van der Waals surface area contributed by atoms with Crippen LogP contribution in [0.3, 0.4) is 0 Å². The summed E-state index contributed by atoms with van der Waals surface area (Å²) in [6, 6.07) is 10.1. The number of aromatic hydroxyl groups is 1. The smallest absolute Gasteiger partial charge is 0.258 e. The third-order valence-electron chi connectivity index (χ3n) is 3.97. The minimum absolute atomic E-state index is 0.0479. The minimum Gasteiger partial charge on any atom is -0.506 e. The molecule has 1 saturated heterocycles. The van der Waals surface area contributed by atoms with Gasteiger partial charge in [0.25, 0.3) is 5.91 Å². The van der Waals surface area contributed by atoms with Crippen LogP contribution in [0.2, 0.25) is 0 Å². The molecule has 1 fully saturated rings. The summed E-state index contributed by atoms with van der Waals surface area (Å²) in [5.74, 6) is -0.895. The number of nitrogens with zero attached hydrogens (tertiary/aromatic N) is 1. The first kappa shape index (κ1) is 13.4. The molecule has 1 atom stereocenters. The van der Waals surface area contributed by atoms with Crippen molar-refractivity contribution >= 4 is 22.6 Å². The van der Waals surface area contributed by atoms with Crippen molar-refractivity contribution in [3.8, 4) is 5.75 Å². The van der Waals surface area contributed by atoms with E-state index in [2.05, 4.69) is 0 Å². The minimum atomic E-state index is -0.580. The number of fused-ring (bicyclic) bond motifs is 1. The highest BCUT2D eigenvalue weighted by Gasteiger charge is 2.34. The zero-order valence-electron chi connectivity index (χ0n) is 11.5. The topological polar surface area (TPSA) is 83.6 Å². The van der Waals surface area contributed by atoms with Crippen molar-refractivity contribution in [1.29, 1.82) is 0 Å². The van der Waals surface area contributed by atoms with Crippen LogP contribution in [0.25, 0.3) is 10.8 Å². The molecule has 108 valence electrons. The van der Waals surface area contributed by atoms with Crippen molar-refractivity contribution in [1.82, 2.24) is 4.90 Å². The van der Waals surface area contributed by atoms with E-state index in [0.717, 1.165) is 11.8 Å². The number of primary amides is 1. The molecule has 0 aromatic heterocycles. The summed E-state index contributed by atoms with van der Waals surface area (Å²) in [5, 5.41) is 11.8. The third kappa shape index (κ3) is 2.20. The molecule has 2 aromatic rings. The Balaban J connectivity index is 2.02. The van der Waals surface area contributed by atoms with Gasteiger partial charge in [-0.3, -0.25) is 9.59 Å². The number of carbonyl (C=O) groups is 2. The van der Waals surface area contributed by atoms with E-state index in [4.69, 9.17) is 5.73 Å². The van der Waals surface area contributed by atoms with Gasteiger partial charge in [0.15, 0.2) is 0 Å². The van der Waals surface area contributed by atoms with E-state index in [1.807, 2.05) is 12.1 Å². The first-order valence-corrected chi connectivity index (χ1v) is 6.90. The Labute approximate surface area is 122 Å². The monoisotopic (exact) mass is 284 g/mol. The summed E-state index contributed by atoms with van der Waals surface area (Å²) in [6.45, 7) is 0.485. The number of carbonyl (C=O) groups excluding carboxylic acids is 2. The van der Waals surface area contributed by atoms with E-state index in [1.165, 1.54) is 4.90 Å². The van der Waals surface area contributed by atoms with Gasteiger partial charge in [-0.25, -0.2) is 0 Å². The average molecular weight is 284 g/mol. The fraction of sp³-hybridized carbons (Fsp3) is 0.250. The van der Waals surface area contributed by atoms with Gasteiger partial charge in [-0.15, -0.1) is 0 Å². The lowest BCUT2D eigenvalue weighted by Crippen LogP contribution is -2.43. The lowest BCUT2D eigenvalue weighted by molar-refractivity contribution is -0.121. The number of nitrogens with two attached hydrogens (primary N) is 1. The van der Waals surface area contributed by atoms with Gasteiger partial charge in [0, 0.05) is 11.9 Å². The number of hydrogen-bond acceptors (Lipinski definition) is 3. The molecule has 0 aliphatic carbocycles. The van der Waals surface area contributed by atoms with Crippen LogP contribution in [-0.4, -0.2) is 34.4 Å². The van der Waals surface area contributed by atoms with Crippen LogP contribution in [0, 0.1) is 0 Å². The van der Waals surface area contributed by atoms with Crippen LogP contribution >= 0.6 is 0 Å². The molecule has 3 N–H and O–H groups in total. The predicted octanol–water partition coefficient (Wildman–Crippen LogP) is 1.64. The maximum atomic E-state index is 12.6. The van der Waals surface area contributed by atoms with Gasteiger partial charge >= 0.3 is 0 Å². The van der Waals surface area contributed by atoms with Crippen LogP contribution in [0.15, 0.2) is 36.4 Å². The number of hydrogen-bond donors (Lipinski definition) is 2. The summed E-state index contributed by atoms with van der Waals surface area (Å²) in [6.07, 6.45) is 1.32.